The molecule has 2 aromatic heterocycles. The van der Waals surface area contributed by atoms with Gasteiger partial charge in [0, 0.05) is 18.9 Å². The van der Waals surface area contributed by atoms with E-state index in [0.29, 0.717) is 16.1 Å². The molecule has 2 aromatic rings. The van der Waals surface area contributed by atoms with E-state index in [-0.39, 0.29) is 5.28 Å². The Balaban J connectivity index is 2.21. The van der Waals surface area contributed by atoms with Crippen molar-refractivity contribution < 1.29 is 0 Å². The summed E-state index contributed by atoms with van der Waals surface area (Å²) in [5, 5.41) is 4.33. The van der Waals surface area contributed by atoms with Crippen LogP contribution in [0.25, 0.3) is 0 Å². The van der Waals surface area contributed by atoms with Gasteiger partial charge in [0.2, 0.25) is 11.2 Å². The Morgan fingerprint density at radius 2 is 2.18 bits per heavy atom. The van der Waals surface area contributed by atoms with E-state index in [1.807, 2.05) is 6.92 Å². The molecule has 6 nitrogen and oxygen atoms in total. The van der Waals surface area contributed by atoms with E-state index in [0.717, 1.165) is 6.54 Å². The molecule has 0 saturated heterocycles. The second kappa shape index (κ2) is 5.74. The van der Waals surface area contributed by atoms with Gasteiger partial charge in [-0.1, -0.05) is 0 Å². The Kier molecular flexibility index (Phi) is 4.05. The highest BCUT2D eigenvalue weighted by atomic mass is 35.5. The number of hydrogen-bond acceptors (Lipinski definition) is 7. The van der Waals surface area contributed by atoms with E-state index >= 15 is 0 Å². The van der Waals surface area contributed by atoms with Gasteiger partial charge in [0.25, 0.3) is 0 Å². The zero-order valence-electron chi connectivity index (χ0n) is 8.96. The number of nitrogens with one attached hydrogen (secondary N) is 1. The van der Waals surface area contributed by atoms with Crippen LogP contribution >= 0.6 is 23.4 Å². The first-order chi connectivity index (χ1) is 8.28. The van der Waals surface area contributed by atoms with Gasteiger partial charge in [0.15, 0.2) is 5.16 Å². The summed E-state index contributed by atoms with van der Waals surface area (Å²) < 4.78 is 0. The van der Waals surface area contributed by atoms with Crippen LogP contribution in [0.5, 0.6) is 0 Å². The first kappa shape index (κ1) is 12.0. The normalized spacial score (nSPS) is 10.2. The summed E-state index contributed by atoms with van der Waals surface area (Å²) in [6.45, 7) is 2.67. The second-order valence-electron chi connectivity index (χ2n) is 2.89. The van der Waals surface area contributed by atoms with E-state index < -0.39 is 0 Å². The third kappa shape index (κ3) is 3.50. The molecule has 0 atom stereocenters. The monoisotopic (exact) mass is 268 g/mol. The highest BCUT2D eigenvalue weighted by molar-refractivity contribution is 7.99. The molecular weight excluding hydrogens is 260 g/mol. The Bertz CT molecular complexity index is 494. The standard InChI is InChI=1S/C9H9ClN6S/c1-2-12-8-14-7(10)15-9(16-8)17-6-5-11-3-4-13-6/h3-5H,2H2,1H3,(H,12,14,15,16). The molecule has 0 aliphatic carbocycles. The van der Waals surface area contributed by atoms with Crippen molar-refractivity contribution in [1.82, 2.24) is 24.9 Å². The summed E-state index contributed by atoms with van der Waals surface area (Å²) in [5.41, 5.74) is 0. The third-order valence-electron chi connectivity index (χ3n) is 1.66. The summed E-state index contributed by atoms with van der Waals surface area (Å²) in [6, 6.07) is 0. The van der Waals surface area contributed by atoms with Crippen molar-refractivity contribution in [2.45, 2.75) is 17.1 Å². The fourth-order valence-electron chi connectivity index (χ4n) is 1.05. The molecule has 0 bridgehead atoms. The lowest BCUT2D eigenvalue weighted by atomic mass is 10.7. The van der Waals surface area contributed by atoms with Gasteiger partial charge in [-0.25, -0.2) is 4.98 Å². The average Bonchev–Trinajstić information content (AvgIpc) is 2.30. The lowest BCUT2D eigenvalue weighted by Crippen LogP contribution is -2.04. The predicted octanol–water partition coefficient (Wildman–Crippen LogP) is 1.90. The maximum atomic E-state index is 5.80. The van der Waals surface area contributed by atoms with Crippen molar-refractivity contribution in [3.63, 3.8) is 0 Å². The van der Waals surface area contributed by atoms with Gasteiger partial charge in [-0.15, -0.1) is 0 Å². The molecule has 0 saturated carbocycles. The molecule has 0 spiro atoms. The zero-order chi connectivity index (χ0) is 12.1. The molecule has 0 radical (unpaired) electrons. The van der Waals surface area contributed by atoms with Gasteiger partial charge in [-0.05, 0) is 30.3 Å². The molecule has 0 aliphatic rings. The average molecular weight is 269 g/mol. The van der Waals surface area contributed by atoms with Crippen LogP contribution in [0.1, 0.15) is 6.92 Å². The second-order valence-corrected chi connectivity index (χ2v) is 4.21. The maximum Gasteiger partial charge on any atom is 0.228 e. The smallest absolute Gasteiger partial charge is 0.228 e. The fourth-order valence-corrected chi connectivity index (χ4v) is 1.93. The lowest BCUT2D eigenvalue weighted by molar-refractivity contribution is 0.894. The molecular formula is C9H9ClN6S. The molecule has 0 unspecified atom stereocenters. The van der Waals surface area contributed by atoms with Crippen LogP contribution in [0.4, 0.5) is 5.95 Å². The van der Waals surface area contributed by atoms with Crippen LogP contribution in [0, 0.1) is 0 Å². The number of hydrogen-bond donors (Lipinski definition) is 1. The van der Waals surface area contributed by atoms with Gasteiger partial charge >= 0.3 is 0 Å². The van der Waals surface area contributed by atoms with Crippen LogP contribution in [-0.4, -0.2) is 31.5 Å². The summed E-state index contributed by atoms with van der Waals surface area (Å²) >= 11 is 7.08. The third-order valence-corrected chi connectivity index (χ3v) is 2.61. The molecule has 0 aliphatic heterocycles. The largest absolute Gasteiger partial charge is 0.354 e. The SMILES string of the molecule is CCNc1nc(Cl)nc(Sc2cnccn2)n1. The first-order valence-corrected chi connectivity index (χ1v) is 6.06. The number of halogens is 1. The summed E-state index contributed by atoms with van der Waals surface area (Å²) in [6.07, 6.45) is 4.85. The molecule has 2 heterocycles. The van der Waals surface area contributed by atoms with Gasteiger partial charge < -0.3 is 5.32 Å². The Morgan fingerprint density at radius 3 is 2.88 bits per heavy atom. The van der Waals surface area contributed by atoms with Crippen LogP contribution in [0.3, 0.4) is 0 Å². The minimum atomic E-state index is 0.155. The number of aromatic nitrogens is 5. The Hall–Kier alpha value is -1.47. The molecule has 17 heavy (non-hydrogen) atoms. The van der Waals surface area contributed by atoms with Crippen molar-refractivity contribution in [3.05, 3.63) is 23.9 Å². The van der Waals surface area contributed by atoms with Crippen molar-refractivity contribution in [2.24, 2.45) is 0 Å². The van der Waals surface area contributed by atoms with E-state index in [2.05, 4.69) is 30.2 Å². The molecule has 8 heteroatoms. The van der Waals surface area contributed by atoms with Gasteiger partial charge in [0.1, 0.15) is 5.03 Å². The molecule has 2 rings (SSSR count). The van der Waals surface area contributed by atoms with Crippen LogP contribution in [0.15, 0.2) is 28.8 Å². The molecule has 0 amide bonds. The first-order valence-electron chi connectivity index (χ1n) is 4.87. The molecule has 0 aromatic carbocycles. The Labute approximate surface area is 107 Å². The number of nitrogens with zero attached hydrogens (tertiary/aromatic N) is 5. The minimum absolute atomic E-state index is 0.155. The summed E-state index contributed by atoms with van der Waals surface area (Å²) in [7, 11) is 0. The minimum Gasteiger partial charge on any atom is -0.354 e. The van der Waals surface area contributed by atoms with Crippen molar-refractivity contribution in [2.75, 3.05) is 11.9 Å². The van der Waals surface area contributed by atoms with E-state index in [1.54, 1.807) is 18.6 Å². The zero-order valence-corrected chi connectivity index (χ0v) is 10.5. The predicted molar refractivity (Wildman–Crippen MR) is 65.2 cm³/mol. The highest BCUT2D eigenvalue weighted by Crippen LogP contribution is 2.22. The summed E-state index contributed by atoms with van der Waals surface area (Å²) in [5.74, 6) is 0.457. The molecule has 0 fully saturated rings. The highest BCUT2D eigenvalue weighted by Gasteiger charge is 2.06. The Morgan fingerprint density at radius 1 is 1.29 bits per heavy atom. The number of rotatable bonds is 4. The van der Waals surface area contributed by atoms with Crippen LogP contribution in [0.2, 0.25) is 5.28 Å². The van der Waals surface area contributed by atoms with Crippen molar-refractivity contribution in [3.8, 4) is 0 Å². The number of anilines is 1. The van der Waals surface area contributed by atoms with Crippen molar-refractivity contribution in [1.29, 1.82) is 0 Å². The lowest BCUT2D eigenvalue weighted by Gasteiger charge is -2.03. The van der Waals surface area contributed by atoms with Crippen molar-refractivity contribution >= 4 is 29.3 Å². The van der Waals surface area contributed by atoms with Crippen LogP contribution < -0.4 is 5.32 Å². The molecule has 1 N–H and O–H groups in total. The van der Waals surface area contributed by atoms with Gasteiger partial charge in [-0.2, -0.15) is 15.0 Å². The fraction of sp³-hybridized carbons (Fsp3) is 0.222. The van der Waals surface area contributed by atoms with E-state index in [1.165, 1.54) is 11.8 Å². The van der Waals surface area contributed by atoms with Crippen LogP contribution in [-0.2, 0) is 0 Å². The quantitative estimate of drug-likeness (QED) is 0.907. The van der Waals surface area contributed by atoms with E-state index in [4.69, 9.17) is 11.6 Å². The van der Waals surface area contributed by atoms with Gasteiger partial charge in [0.05, 0.1) is 6.20 Å². The topological polar surface area (TPSA) is 76.5 Å². The van der Waals surface area contributed by atoms with E-state index in [9.17, 15) is 0 Å². The summed E-state index contributed by atoms with van der Waals surface area (Å²) in [4.78, 5) is 20.2. The molecule has 88 valence electrons. The maximum absolute atomic E-state index is 5.80. The van der Waals surface area contributed by atoms with Gasteiger partial charge in [-0.3, -0.25) is 4.98 Å².